The summed E-state index contributed by atoms with van der Waals surface area (Å²) in [5.41, 5.74) is -2.27. The Labute approximate surface area is 112 Å². The molecule has 0 amide bonds. The van der Waals surface area contributed by atoms with Crippen LogP contribution in [0.5, 0.6) is 0 Å². The third-order valence-electron chi connectivity index (χ3n) is 3.69. The summed E-state index contributed by atoms with van der Waals surface area (Å²) in [6.45, 7) is 1.59. The first-order chi connectivity index (χ1) is 8.98. The van der Waals surface area contributed by atoms with Crippen LogP contribution < -0.4 is 0 Å². The maximum Gasteiger partial charge on any atom is 0.338 e. The number of hydrogen-bond donors (Lipinski definition) is 4. The predicted octanol–water partition coefficient (Wildman–Crippen LogP) is 0.704. The Hall–Kier alpha value is -1.17. The summed E-state index contributed by atoms with van der Waals surface area (Å²) in [6.07, 6.45) is 8.11. The van der Waals surface area contributed by atoms with Crippen LogP contribution >= 0.6 is 0 Å². The van der Waals surface area contributed by atoms with Crippen molar-refractivity contribution in [3.05, 3.63) is 24.3 Å². The molecule has 0 heterocycles. The number of carboxylic acids is 1. The third kappa shape index (κ3) is 3.23. The van der Waals surface area contributed by atoms with Gasteiger partial charge >= 0.3 is 5.97 Å². The molecular weight excluding hydrogens is 248 g/mol. The number of aliphatic carboxylic acids is 1. The van der Waals surface area contributed by atoms with Crippen LogP contribution in [0.2, 0.25) is 0 Å². The minimum Gasteiger partial charge on any atom is -0.479 e. The lowest BCUT2D eigenvalue weighted by Gasteiger charge is -2.28. The number of rotatable bonds is 6. The van der Waals surface area contributed by atoms with Crippen molar-refractivity contribution in [1.29, 1.82) is 0 Å². The Morgan fingerprint density at radius 1 is 1.42 bits per heavy atom. The summed E-state index contributed by atoms with van der Waals surface area (Å²) in [7, 11) is 0. The van der Waals surface area contributed by atoms with Gasteiger partial charge in [-0.2, -0.15) is 0 Å². The Balaban J connectivity index is 2.79. The Morgan fingerprint density at radius 2 is 2.11 bits per heavy atom. The standard InChI is InChI=1S/C14H22O5/c1-2-3-4-5-6-7-10-8-12(16)14(19,13(17)18)11(10)9-15/h4-7,10-12,15-16,19H,2-3,8-9H2,1H3,(H,17,18)/b5-4+,7-6+. The Bertz CT molecular complexity index is 363. The number of hydrogen-bond acceptors (Lipinski definition) is 4. The lowest BCUT2D eigenvalue weighted by atomic mass is 9.85. The summed E-state index contributed by atoms with van der Waals surface area (Å²) >= 11 is 0. The molecule has 1 rings (SSSR count). The molecule has 4 atom stereocenters. The zero-order chi connectivity index (χ0) is 14.5. The molecule has 1 fully saturated rings. The van der Waals surface area contributed by atoms with Gasteiger partial charge in [-0.1, -0.05) is 37.6 Å². The first-order valence-electron chi connectivity index (χ1n) is 6.56. The smallest absolute Gasteiger partial charge is 0.338 e. The summed E-state index contributed by atoms with van der Waals surface area (Å²) in [4.78, 5) is 11.1. The van der Waals surface area contributed by atoms with E-state index in [1.807, 2.05) is 12.2 Å². The van der Waals surface area contributed by atoms with E-state index in [1.165, 1.54) is 0 Å². The fourth-order valence-corrected chi connectivity index (χ4v) is 2.51. The van der Waals surface area contributed by atoms with E-state index in [0.717, 1.165) is 12.8 Å². The van der Waals surface area contributed by atoms with Gasteiger partial charge in [-0.15, -0.1) is 0 Å². The number of carbonyl (C=O) groups is 1. The van der Waals surface area contributed by atoms with Crippen LogP contribution in [0.4, 0.5) is 0 Å². The molecule has 1 saturated carbocycles. The largest absolute Gasteiger partial charge is 0.479 e. The van der Waals surface area contributed by atoms with Crippen molar-refractivity contribution in [2.75, 3.05) is 6.61 Å². The molecule has 0 spiro atoms. The molecule has 1 aliphatic carbocycles. The first-order valence-corrected chi connectivity index (χ1v) is 6.56. The van der Waals surface area contributed by atoms with E-state index in [9.17, 15) is 20.1 Å². The summed E-state index contributed by atoms with van der Waals surface area (Å²) in [5, 5.41) is 38.1. The van der Waals surface area contributed by atoms with E-state index in [4.69, 9.17) is 5.11 Å². The van der Waals surface area contributed by atoms with Gasteiger partial charge in [0, 0.05) is 12.5 Å². The molecule has 0 saturated heterocycles. The molecule has 4 unspecified atom stereocenters. The number of aliphatic hydroxyl groups is 3. The number of aliphatic hydroxyl groups excluding tert-OH is 2. The maximum absolute atomic E-state index is 11.1. The van der Waals surface area contributed by atoms with Gasteiger partial charge in [-0.3, -0.25) is 0 Å². The van der Waals surface area contributed by atoms with Crippen molar-refractivity contribution >= 4 is 5.97 Å². The van der Waals surface area contributed by atoms with Gasteiger partial charge in [0.1, 0.15) is 0 Å². The Kier molecular flexibility index (Phi) is 5.72. The van der Waals surface area contributed by atoms with Crippen LogP contribution in [0.3, 0.4) is 0 Å². The molecule has 0 aliphatic heterocycles. The fraction of sp³-hybridized carbons (Fsp3) is 0.643. The van der Waals surface area contributed by atoms with E-state index in [0.29, 0.717) is 0 Å². The van der Waals surface area contributed by atoms with Crippen molar-refractivity contribution < 1.29 is 25.2 Å². The lowest BCUT2D eigenvalue weighted by Crippen LogP contribution is -2.52. The molecule has 0 radical (unpaired) electrons. The highest BCUT2D eigenvalue weighted by Crippen LogP contribution is 2.41. The molecule has 108 valence electrons. The van der Waals surface area contributed by atoms with Crippen LogP contribution in [0, 0.1) is 11.8 Å². The molecule has 0 aromatic rings. The van der Waals surface area contributed by atoms with Crippen molar-refractivity contribution in [1.82, 2.24) is 0 Å². The molecular formula is C14H22O5. The lowest BCUT2D eigenvalue weighted by molar-refractivity contribution is -0.176. The van der Waals surface area contributed by atoms with Gasteiger partial charge in [0.2, 0.25) is 0 Å². The van der Waals surface area contributed by atoms with Crippen molar-refractivity contribution in [2.45, 2.75) is 37.9 Å². The maximum atomic E-state index is 11.1. The van der Waals surface area contributed by atoms with Crippen LogP contribution in [0.15, 0.2) is 24.3 Å². The third-order valence-corrected chi connectivity index (χ3v) is 3.69. The van der Waals surface area contributed by atoms with Crippen molar-refractivity contribution in [2.24, 2.45) is 11.8 Å². The molecule has 0 aromatic heterocycles. The van der Waals surface area contributed by atoms with Crippen LogP contribution in [0.1, 0.15) is 26.2 Å². The SMILES string of the molecule is CCC/C=C/C=C/C1CC(O)C(O)(C(=O)O)C1CO. The minimum atomic E-state index is -2.27. The average Bonchev–Trinajstić information content (AvgIpc) is 2.62. The van der Waals surface area contributed by atoms with Crippen LogP contribution in [-0.2, 0) is 4.79 Å². The number of carboxylic acid groups (broad SMARTS) is 1. The number of unbranched alkanes of at least 4 members (excludes halogenated alkanes) is 1. The molecule has 0 bridgehead atoms. The van der Waals surface area contributed by atoms with Gasteiger partial charge in [0.05, 0.1) is 6.10 Å². The number of allylic oxidation sites excluding steroid dienone is 4. The quantitative estimate of drug-likeness (QED) is 0.533. The zero-order valence-electron chi connectivity index (χ0n) is 11.1. The van der Waals surface area contributed by atoms with Crippen LogP contribution in [-0.4, -0.2) is 44.7 Å². The monoisotopic (exact) mass is 270 g/mol. The van der Waals surface area contributed by atoms with Crippen molar-refractivity contribution in [3.63, 3.8) is 0 Å². The van der Waals surface area contributed by atoms with E-state index in [2.05, 4.69) is 6.92 Å². The molecule has 1 aliphatic rings. The summed E-state index contributed by atoms with van der Waals surface area (Å²) in [6, 6.07) is 0. The average molecular weight is 270 g/mol. The highest BCUT2D eigenvalue weighted by Gasteiger charge is 2.58. The molecule has 19 heavy (non-hydrogen) atoms. The van der Waals surface area contributed by atoms with E-state index in [-0.39, 0.29) is 12.3 Å². The predicted molar refractivity (Wildman–Crippen MR) is 70.5 cm³/mol. The highest BCUT2D eigenvalue weighted by atomic mass is 16.4. The highest BCUT2D eigenvalue weighted by molar-refractivity contribution is 5.79. The topological polar surface area (TPSA) is 98.0 Å². The van der Waals surface area contributed by atoms with Crippen LogP contribution in [0.25, 0.3) is 0 Å². The van der Waals surface area contributed by atoms with Gasteiger partial charge in [-0.25, -0.2) is 4.79 Å². The molecule has 5 heteroatoms. The fourth-order valence-electron chi connectivity index (χ4n) is 2.51. The van der Waals surface area contributed by atoms with Gasteiger partial charge in [-0.05, 0) is 18.8 Å². The summed E-state index contributed by atoms with van der Waals surface area (Å²) in [5.74, 6) is -2.74. The minimum absolute atomic E-state index is 0.131. The van der Waals surface area contributed by atoms with Gasteiger partial charge in [0.15, 0.2) is 5.60 Å². The first kappa shape index (κ1) is 15.9. The second kappa shape index (κ2) is 6.84. The van der Waals surface area contributed by atoms with Gasteiger partial charge in [0.25, 0.3) is 0 Å². The van der Waals surface area contributed by atoms with E-state index >= 15 is 0 Å². The van der Waals surface area contributed by atoms with E-state index in [1.54, 1.807) is 12.2 Å². The summed E-state index contributed by atoms with van der Waals surface area (Å²) < 4.78 is 0. The zero-order valence-corrected chi connectivity index (χ0v) is 11.1. The Morgan fingerprint density at radius 3 is 2.63 bits per heavy atom. The van der Waals surface area contributed by atoms with Crippen molar-refractivity contribution in [3.8, 4) is 0 Å². The molecule has 0 aromatic carbocycles. The molecule has 5 nitrogen and oxygen atoms in total. The second-order valence-electron chi connectivity index (χ2n) is 4.94. The van der Waals surface area contributed by atoms with Gasteiger partial charge < -0.3 is 20.4 Å². The normalized spacial score (nSPS) is 35.5. The van der Waals surface area contributed by atoms with E-state index < -0.39 is 30.2 Å². The second-order valence-corrected chi connectivity index (χ2v) is 4.94. The molecule has 4 N–H and O–H groups in total.